The number of carboxylic acid groups (broad SMARTS) is 1. The van der Waals surface area contributed by atoms with E-state index in [1.54, 1.807) is 14.0 Å². The van der Waals surface area contributed by atoms with Gasteiger partial charge in [-0.1, -0.05) is 6.92 Å². The summed E-state index contributed by atoms with van der Waals surface area (Å²) in [6.07, 6.45) is -0.268. The Morgan fingerprint density at radius 3 is 2.65 bits per heavy atom. The Hall–Kier alpha value is -1.63. The lowest BCUT2D eigenvalue weighted by Gasteiger charge is -2.23. The van der Waals surface area contributed by atoms with Gasteiger partial charge in [0, 0.05) is 0 Å². The Kier molecular flexibility index (Phi) is 4.45. The highest BCUT2D eigenvalue weighted by molar-refractivity contribution is 5.94. The van der Waals surface area contributed by atoms with Gasteiger partial charge in [0.15, 0.2) is 0 Å². The van der Waals surface area contributed by atoms with Crippen molar-refractivity contribution < 1.29 is 24.2 Å². The molecule has 0 aromatic carbocycles. The molecular formula is C10H16N2O5. The van der Waals surface area contributed by atoms with E-state index in [9.17, 15) is 14.4 Å². The zero-order valence-corrected chi connectivity index (χ0v) is 9.88. The van der Waals surface area contributed by atoms with Crippen LogP contribution in [0, 0.1) is 0 Å². The van der Waals surface area contributed by atoms with Crippen LogP contribution >= 0.6 is 0 Å². The Morgan fingerprint density at radius 1 is 1.59 bits per heavy atom. The Bertz CT molecular complexity index is 331. The summed E-state index contributed by atoms with van der Waals surface area (Å²) in [6, 6.07) is -0.724. The van der Waals surface area contributed by atoms with Crippen molar-refractivity contribution in [2.24, 2.45) is 0 Å². The van der Waals surface area contributed by atoms with E-state index in [-0.39, 0.29) is 19.7 Å². The summed E-state index contributed by atoms with van der Waals surface area (Å²) in [6.45, 7) is 2.05. The predicted molar refractivity (Wildman–Crippen MR) is 57.4 cm³/mol. The lowest BCUT2D eigenvalue weighted by atomic mass is 10.2. The summed E-state index contributed by atoms with van der Waals surface area (Å²) >= 11 is 0. The minimum absolute atomic E-state index is 0.111. The van der Waals surface area contributed by atoms with Gasteiger partial charge in [-0.2, -0.15) is 0 Å². The van der Waals surface area contributed by atoms with Gasteiger partial charge in [0.25, 0.3) is 0 Å². The van der Waals surface area contributed by atoms with Crippen molar-refractivity contribution >= 4 is 18.0 Å². The van der Waals surface area contributed by atoms with Crippen molar-refractivity contribution in [1.29, 1.82) is 0 Å². The highest BCUT2D eigenvalue weighted by atomic mass is 16.6. The molecule has 0 spiro atoms. The molecule has 0 bridgehead atoms. The van der Waals surface area contributed by atoms with Gasteiger partial charge >= 0.3 is 12.1 Å². The van der Waals surface area contributed by atoms with Gasteiger partial charge in [0.2, 0.25) is 5.91 Å². The fraction of sp³-hybridized carbons (Fsp3) is 0.700. The third kappa shape index (κ3) is 3.16. The van der Waals surface area contributed by atoms with E-state index in [1.807, 2.05) is 0 Å². The number of carbonyl (C=O) groups is 3. The second-order valence-corrected chi connectivity index (χ2v) is 3.84. The number of aliphatic carboxylic acids is 1. The maximum absolute atomic E-state index is 11.7. The molecule has 7 nitrogen and oxygen atoms in total. The number of nitrogens with zero attached hydrogens (tertiary/aromatic N) is 2. The second kappa shape index (κ2) is 5.62. The fourth-order valence-corrected chi connectivity index (χ4v) is 1.70. The van der Waals surface area contributed by atoms with Crippen LogP contribution in [0.15, 0.2) is 0 Å². The van der Waals surface area contributed by atoms with Crippen LogP contribution in [0.4, 0.5) is 4.79 Å². The number of imide groups is 1. The molecule has 1 aliphatic heterocycles. The molecule has 0 aliphatic carbocycles. The molecule has 1 saturated heterocycles. The van der Waals surface area contributed by atoms with Crippen LogP contribution in [-0.2, 0) is 14.3 Å². The number of hydrogen-bond donors (Lipinski definition) is 1. The Morgan fingerprint density at radius 2 is 2.24 bits per heavy atom. The monoisotopic (exact) mass is 244 g/mol. The van der Waals surface area contributed by atoms with E-state index < -0.39 is 24.0 Å². The summed E-state index contributed by atoms with van der Waals surface area (Å²) in [7, 11) is 1.54. The minimum Gasteiger partial charge on any atom is -0.480 e. The van der Waals surface area contributed by atoms with Gasteiger partial charge in [-0.05, 0) is 13.5 Å². The zero-order chi connectivity index (χ0) is 13.0. The molecule has 1 fully saturated rings. The van der Waals surface area contributed by atoms with Crippen molar-refractivity contribution in [3.05, 3.63) is 0 Å². The predicted octanol–water partition coefficient (Wildman–Crippen LogP) is -0.240. The molecule has 1 aliphatic rings. The SMILES string of the molecule is CCC(C(=O)O)N(C)CC(=O)N1CCOC1=O. The summed E-state index contributed by atoms with van der Waals surface area (Å²) in [5.74, 6) is -1.42. The van der Waals surface area contributed by atoms with Crippen molar-refractivity contribution in [3.8, 4) is 0 Å². The number of carboxylic acids is 1. The number of amides is 2. The summed E-state index contributed by atoms with van der Waals surface area (Å²) in [4.78, 5) is 36.1. The molecule has 7 heteroatoms. The van der Waals surface area contributed by atoms with E-state index >= 15 is 0 Å². The van der Waals surface area contributed by atoms with Crippen LogP contribution in [0.5, 0.6) is 0 Å². The van der Waals surface area contributed by atoms with Crippen molar-refractivity contribution in [2.45, 2.75) is 19.4 Å². The Labute approximate surface area is 98.9 Å². The minimum atomic E-state index is -0.980. The van der Waals surface area contributed by atoms with E-state index in [0.717, 1.165) is 4.90 Å². The van der Waals surface area contributed by atoms with Gasteiger partial charge in [0.05, 0.1) is 13.1 Å². The third-order valence-electron chi connectivity index (χ3n) is 2.65. The fourth-order valence-electron chi connectivity index (χ4n) is 1.70. The van der Waals surface area contributed by atoms with Crippen LogP contribution in [-0.4, -0.2) is 65.7 Å². The van der Waals surface area contributed by atoms with E-state index in [1.165, 1.54) is 4.90 Å². The first-order valence-electron chi connectivity index (χ1n) is 5.37. The van der Waals surface area contributed by atoms with Crippen LogP contribution in [0.2, 0.25) is 0 Å². The first-order chi connectivity index (χ1) is 7.97. The molecule has 0 saturated carbocycles. The number of carbonyl (C=O) groups excluding carboxylic acids is 2. The van der Waals surface area contributed by atoms with Crippen LogP contribution in [0.3, 0.4) is 0 Å². The van der Waals surface area contributed by atoms with Gasteiger partial charge in [0.1, 0.15) is 12.6 Å². The lowest BCUT2D eigenvalue weighted by Crippen LogP contribution is -2.45. The Balaban J connectivity index is 2.55. The molecule has 1 heterocycles. The summed E-state index contributed by atoms with van der Waals surface area (Å²) in [5.41, 5.74) is 0. The molecule has 0 radical (unpaired) electrons. The molecule has 1 unspecified atom stereocenters. The normalized spacial score (nSPS) is 17.1. The lowest BCUT2D eigenvalue weighted by molar-refractivity contribution is -0.143. The highest BCUT2D eigenvalue weighted by Gasteiger charge is 2.31. The van der Waals surface area contributed by atoms with Crippen molar-refractivity contribution in [3.63, 3.8) is 0 Å². The number of likely N-dealkylation sites (N-methyl/N-ethyl adjacent to an activating group) is 1. The second-order valence-electron chi connectivity index (χ2n) is 3.84. The van der Waals surface area contributed by atoms with Gasteiger partial charge in [-0.25, -0.2) is 9.69 Å². The number of cyclic esters (lactones) is 1. The number of ether oxygens (including phenoxy) is 1. The van der Waals surface area contributed by atoms with E-state index in [2.05, 4.69) is 4.74 Å². The first kappa shape index (κ1) is 13.4. The molecule has 0 aromatic rings. The quantitative estimate of drug-likeness (QED) is 0.718. The number of rotatable bonds is 5. The average Bonchev–Trinajstić information content (AvgIpc) is 2.64. The van der Waals surface area contributed by atoms with Crippen LogP contribution < -0.4 is 0 Å². The zero-order valence-electron chi connectivity index (χ0n) is 9.88. The van der Waals surface area contributed by atoms with E-state index in [4.69, 9.17) is 5.11 Å². The molecule has 0 aromatic heterocycles. The molecular weight excluding hydrogens is 228 g/mol. The highest BCUT2D eigenvalue weighted by Crippen LogP contribution is 2.07. The molecule has 1 rings (SSSR count). The van der Waals surface area contributed by atoms with Crippen LogP contribution in [0.25, 0.3) is 0 Å². The molecule has 1 atom stereocenters. The van der Waals surface area contributed by atoms with Gasteiger partial charge in [-0.3, -0.25) is 14.5 Å². The van der Waals surface area contributed by atoms with Gasteiger partial charge < -0.3 is 9.84 Å². The summed E-state index contributed by atoms with van der Waals surface area (Å²) in [5, 5.41) is 8.92. The van der Waals surface area contributed by atoms with Gasteiger partial charge in [-0.15, -0.1) is 0 Å². The molecule has 96 valence electrons. The standard InChI is InChI=1S/C10H16N2O5/c1-3-7(9(14)15)11(2)6-8(13)12-4-5-17-10(12)16/h7H,3-6H2,1-2H3,(H,14,15). The third-order valence-corrected chi connectivity index (χ3v) is 2.65. The average molecular weight is 244 g/mol. The summed E-state index contributed by atoms with van der Waals surface area (Å²) < 4.78 is 4.63. The smallest absolute Gasteiger partial charge is 0.416 e. The maximum Gasteiger partial charge on any atom is 0.416 e. The molecule has 17 heavy (non-hydrogen) atoms. The number of hydrogen-bond acceptors (Lipinski definition) is 5. The molecule has 1 N–H and O–H groups in total. The topological polar surface area (TPSA) is 87.2 Å². The van der Waals surface area contributed by atoms with E-state index in [0.29, 0.717) is 6.42 Å². The molecule has 2 amide bonds. The van der Waals surface area contributed by atoms with Crippen molar-refractivity contribution in [1.82, 2.24) is 9.80 Å². The maximum atomic E-state index is 11.7. The van der Waals surface area contributed by atoms with Crippen LogP contribution in [0.1, 0.15) is 13.3 Å². The van der Waals surface area contributed by atoms with Crippen molar-refractivity contribution in [2.75, 3.05) is 26.7 Å². The first-order valence-corrected chi connectivity index (χ1v) is 5.37. The largest absolute Gasteiger partial charge is 0.480 e.